The van der Waals surface area contributed by atoms with Gasteiger partial charge in [-0.2, -0.15) is 5.11 Å². The summed E-state index contributed by atoms with van der Waals surface area (Å²) in [7, 11) is 3.40. The summed E-state index contributed by atoms with van der Waals surface area (Å²) < 4.78 is 0. The lowest BCUT2D eigenvalue weighted by molar-refractivity contribution is 0.0827. The van der Waals surface area contributed by atoms with Gasteiger partial charge in [0.05, 0.1) is 11.4 Å². The molecule has 0 aliphatic carbocycles. The third kappa shape index (κ3) is 3.42. The third-order valence-electron chi connectivity index (χ3n) is 3.78. The molecule has 0 saturated heterocycles. The summed E-state index contributed by atoms with van der Waals surface area (Å²) in [4.78, 5) is 13.5. The summed E-state index contributed by atoms with van der Waals surface area (Å²) in [6, 6.07) is 15.4. The van der Waals surface area contributed by atoms with E-state index in [9.17, 15) is 9.90 Å². The Kier molecular flexibility index (Phi) is 4.35. The molecule has 3 rings (SSSR count). The minimum absolute atomic E-state index is 0.0973. The molecule has 0 fully saturated rings. The van der Waals surface area contributed by atoms with Crippen molar-refractivity contribution in [1.82, 2.24) is 4.90 Å². The number of hydrogen-bond donors (Lipinski definition) is 2. The Morgan fingerprint density at radius 3 is 2.56 bits per heavy atom. The van der Waals surface area contributed by atoms with E-state index in [1.807, 2.05) is 0 Å². The van der Waals surface area contributed by atoms with Crippen molar-refractivity contribution in [2.45, 2.75) is 0 Å². The van der Waals surface area contributed by atoms with Gasteiger partial charge in [0.1, 0.15) is 5.75 Å². The molecule has 0 aromatic heterocycles. The molecule has 126 valence electrons. The van der Waals surface area contributed by atoms with E-state index in [2.05, 4.69) is 10.2 Å². The van der Waals surface area contributed by atoms with Crippen molar-refractivity contribution in [1.29, 1.82) is 0 Å². The fourth-order valence-electron chi connectivity index (χ4n) is 2.50. The van der Waals surface area contributed by atoms with Crippen molar-refractivity contribution in [3.05, 3.63) is 60.2 Å². The van der Waals surface area contributed by atoms with Crippen LogP contribution in [0, 0.1) is 0 Å². The van der Waals surface area contributed by atoms with Crippen LogP contribution in [0.25, 0.3) is 10.8 Å². The summed E-state index contributed by atoms with van der Waals surface area (Å²) in [5.41, 5.74) is 8.27. The number of nitrogens with zero attached hydrogens (tertiary/aromatic N) is 3. The number of aromatic hydroxyl groups is 1. The average Bonchev–Trinajstić information content (AvgIpc) is 2.60. The highest BCUT2D eigenvalue weighted by molar-refractivity contribution is 6.00. The number of fused-ring (bicyclic) bond motifs is 1. The molecule has 3 N–H and O–H groups in total. The maximum absolute atomic E-state index is 12.0. The molecule has 6 heteroatoms. The standard InChI is InChI=1S/C19H18N4O2/c1-23(2)19(25)12-4-3-5-13(10-12)21-22-18-9-8-17(20)15-7-6-14(24)11-16(15)18/h3-11,24H,20H2,1-2H3. The number of benzene rings is 3. The number of hydrogen-bond acceptors (Lipinski definition) is 5. The number of nitrogens with two attached hydrogens (primary N) is 1. The van der Waals surface area contributed by atoms with E-state index in [0.717, 1.165) is 5.39 Å². The van der Waals surface area contributed by atoms with E-state index in [1.54, 1.807) is 68.7 Å². The van der Waals surface area contributed by atoms with E-state index in [-0.39, 0.29) is 11.7 Å². The van der Waals surface area contributed by atoms with Gasteiger partial charge in [-0.1, -0.05) is 6.07 Å². The zero-order valence-corrected chi connectivity index (χ0v) is 14.0. The van der Waals surface area contributed by atoms with Gasteiger partial charge in [-0.05, 0) is 48.5 Å². The van der Waals surface area contributed by atoms with Crippen molar-refractivity contribution in [2.24, 2.45) is 10.2 Å². The van der Waals surface area contributed by atoms with E-state index < -0.39 is 0 Å². The van der Waals surface area contributed by atoms with Crippen molar-refractivity contribution in [2.75, 3.05) is 19.8 Å². The van der Waals surface area contributed by atoms with Crippen molar-refractivity contribution >= 4 is 33.7 Å². The minimum atomic E-state index is -0.0973. The van der Waals surface area contributed by atoms with Gasteiger partial charge < -0.3 is 15.7 Å². The van der Waals surface area contributed by atoms with Crippen LogP contribution in [-0.4, -0.2) is 30.0 Å². The zero-order chi connectivity index (χ0) is 18.0. The number of nitrogen functional groups attached to an aromatic ring is 1. The molecule has 25 heavy (non-hydrogen) atoms. The number of azo groups is 1. The number of carbonyl (C=O) groups is 1. The Labute approximate surface area is 145 Å². The molecular weight excluding hydrogens is 316 g/mol. The molecule has 3 aromatic carbocycles. The van der Waals surface area contributed by atoms with E-state index >= 15 is 0 Å². The number of phenolic OH excluding ortho intramolecular Hbond substituents is 1. The zero-order valence-electron chi connectivity index (χ0n) is 14.0. The van der Waals surface area contributed by atoms with Gasteiger partial charge in [0.25, 0.3) is 5.91 Å². The molecule has 0 saturated carbocycles. The van der Waals surface area contributed by atoms with Crippen LogP contribution in [0.2, 0.25) is 0 Å². The molecule has 1 amide bonds. The van der Waals surface area contributed by atoms with Crippen molar-refractivity contribution < 1.29 is 9.90 Å². The highest BCUT2D eigenvalue weighted by atomic mass is 16.3. The molecule has 0 radical (unpaired) electrons. The summed E-state index contributed by atoms with van der Waals surface area (Å²) in [6.07, 6.45) is 0. The van der Waals surface area contributed by atoms with Crippen molar-refractivity contribution in [3.8, 4) is 5.75 Å². The SMILES string of the molecule is CN(C)C(=O)c1cccc(N=Nc2ccc(N)c3ccc(O)cc23)c1. The maximum Gasteiger partial charge on any atom is 0.253 e. The van der Waals surface area contributed by atoms with Crippen LogP contribution >= 0.6 is 0 Å². The van der Waals surface area contributed by atoms with Crippen LogP contribution in [0.1, 0.15) is 10.4 Å². The lowest BCUT2D eigenvalue weighted by Gasteiger charge is -2.10. The number of anilines is 1. The van der Waals surface area contributed by atoms with Gasteiger partial charge in [-0.15, -0.1) is 5.11 Å². The molecule has 3 aromatic rings. The second-order valence-electron chi connectivity index (χ2n) is 5.85. The Balaban J connectivity index is 1.99. The normalized spacial score (nSPS) is 11.1. The van der Waals surface area contributed by atoms with E-state index in [0.29, 0.717) is 28.0 Å². The summed E-state index contributed by atoms with van der Waals surface area (Å²) in [5, 5.41) is 19.7. The van der Waals surface area contributed by atoms with Crippen LogP contribution in [0.15, 0.2) is 64.8 Å². The van der Waals surface area contributed by atoms with E-state index in [1.165, 1.54) is 4.90 Å². The molecule has 0 unspecified atom stereocenters. The second-order valence-corrected chi connectivity index (χ2v) is 5.85. The molecule has 0 atom stereocenters. The van der Waals surface area contributed by atoms with Gasteiger partial charge in [0.2, 0.25) is 0 Å². The minimum Gasteiger partial charge on any atom is -0.508 e. The number of carbonyl (C=O) groups excluding carboxylic acids is 1. The first-order chi connectivity index (χ1) is 12.0. The summed E-state index contributed by atoms with van der Waals surface area (Å²) >= 11 is 0. The Bertz CT molecular complexity index is 980. The summed E-state index contributed by atoms with van der Waals surface area (Å²) in [5.74, 6) is 0.0352. The van der Waals surface area contributed by atoms with Gasteiger partial charge in [-0.3, -0.25) is 4.79 Å². The Hall–Kier alpha value is -3.41. The Morgan fingerprint density at radius 1 is 1.00 bits per heavy atom. The fourth-order valence-corrected chi connectivity index (χ4v) is 2.50. The highest BCUT2D eigenvalue weighted by Crippen LogP contribution is 2.33. The first-order valence-corrected chi connectivity index (χ1v) is 7.70. The van der Waals surface area contributed by atoms with Gasteiger partial charge >= 0.3 is 0 Å². The molecular formula is C19H18N4O2. The van der Waals surface area contributed by atoms with E-state index in [4.69, 9.17) is 5.73 Å². The average molecular weight is 334 g/mol. The highest BCUT2D eigenvalue weighted by Gasteiger charge is 2.08. The number of rotatable bonds is 3. The van der Waals surface area contributed by atoms with Crippen LogP contribution in [0.4, 0.5) is 17.1 Å². The van der Waals surface area contributed by atoms with Gasteiger partial charge in [0, 0.05) is 36.1 Å². The van der Waals surface area contributed by atoms with Crippen LogP contribution in [-0.2, 0) is 0 Å². The summed E-state index contributed by atoms with van der Waals surface area (Å²) in [6.45, 7) is 0. The van der Waals surface area contributed by atoms with Gasteiger partial charge in [-0.25, -0.2) is 0 Å². The molecule has 0 aliphatic heterocycles. The van der Waals surface area contributed by atoms with Crippen LogP contribution in [0.3, 0.4) is 0 Å². The predicted octanol–water partition coefficient (Wildman–Crippen LogP) is 4.24. The quantitative estimate of drug-likeness (QED) is 0.554. The third-order valence-corrected chi connectivity index (χ3v) is 3.78. The van der Waals surface area contributed by atoms with Gasteiger partial charge in [0.15, 0.2) is 0 Å². The van der Waals surface area contributed by atoms with Crippen LogP contribution < -0.4 is 5.73 Å². The topological polar surface area (TPSA) is 91.3 Å². The molecule has 0 spiro atoms. The predicted molar refractivity (Wildman–Crippen MR) is 98.7 cm³/mol. The van der Waals surface area contributed by atoms with Crippen molar-refractivity contribution in [3.63, 3.8) is 0 Å². The second kappa shape index (κ2) is 6.60. The number of phenols is 1. The molecule has 0 bridgehead atoms. The maximum atomic E-state index is 12.0. The van der Waals surface area contributed by atoms with Crippen LogP contribution in [0.5, 0.6) is 5.75 Å². The lowest BCUT2D eigenvalue weighted by atomic mass is 10.1. The smallest absolute Gasteiger partial charge is 0.253 e. The number of amides is 1. The lowest BCUT2D eigenvalue weighted by Crippen LogP contribution is -2.21. The largest absolute Gasteiger partial charge is 0.508 e. The Morgan fingerprint density at radius 2 is 1.80 bits per heavy atom. The molecule has 6 nitrogen and oxygen atoms in total. The molecule has 0 heterocycles. The molecule has 0 aliphatic rings. The monoisotopic (exact) mass is 334 g/mol. The fraction of sp³-hybridized carbons (Fsp3) is 0.105. The first kappa shape index (κ1) is 16.4. The first-order valence-electron chi connectivity index (χ1n) is 7.70.